The second kappa shape index (κ2) is 11.6. The first-order chi connectivity index (χ1) is 17.1. The van der Waals surface area contributed by atoms with Crippen LogP contribution in [0.1, 0.15) is 25.2 Å². The summed E-state index contributed by atoms with van der Waals surface area (Å²) in [5.74, 6) is 1.43. The van der Waals surface area contributed by atoms with Crippen LogP contribution in [0.25, 0.3) is 5.69 Å². The Labute approximate surface area is 207 Å². The average molecular weight is 494 g/mol. The molecule has 1 aliphatic heterocycles. The summed E-state index contributed by atoms with van der Waals surface area (Å²) < 4.78 is 12.7. The van der Waals surface area contributed by atoms with Crippen molar-refractivity contribution >= 4 is 23.8 Å². The van der Waals surface area contributed by atoms with Gasteiger partial charge < -0.3 is 20.1 Å². The number of aromatic nitrogens is 3. The number of nitrogens with zero attached hydrogens (tertiary/aromatic N) is 3. The van der Waals surface area contributed by atoms with Crippen molar-refractivity contribution in [3.8, 4) is 11.4 Å². The highest BCUT2D eigenvalue weighted by molar-refractivity contribution is 7.99. The maximum absolute atomic E-state index is 12.4. The molecule has 2 amide bonds. The molecule has 2 heterocycles. The molecule has 1 aliphatic rings. The van der Waals surface area contributed by atoms with Gasteiger partial charge in [0.2, 0.25) is 0 Å². The highest BCUT2D eigenvalue weighted by Crippen LogP contribution is 2.27. The zero-order chi connectivity index (χ0) is 24.6. The monoisotopic (exact) mass is 493 g/mol. The standard InChI is InChI=1S/C25H27N5O4S/c1-3-33-19-12-10-18(11-13-19)30-22(14-17-8-6-5-7-9-17)28-29-25(30)35-16-21-20(23(31)34-4-2)15-26-24(32)27-21/h5-13H,3-4,14-16H2,1-2H3,(H2,26,27,32). The van der Waals surface area contributed by atoms with E-state index in [9.17, 15) is 9.59 Å². The fraction of sp³-hybridized carbons (Fsp3) is 0.280. The van der Waals surface area contributed by atoms with E-state index in [-0.39, 0.29) is 19.2 Å². The normalized spacial score (nSPS) is 13.3. The number of benzene rings is 2. The van der Waals surface area contributed by atoms with Crippen LogP contribution in [-0.2, 0) is 16.0 Å². The Hall–Kier alpha value is -3.79. The van der Waals surface area contributed by atoms with Crippen molar-refractivity contribution in [1.29, 1.82) is 0 Å². The molecule has 9 nitrogen and oxygen atoms in total. The van der Waals surface area contributed by atoms with Crippen LogP contribution in [0.2, 0.25) is 0 Å². The van der Waals surface area contributed by atoms with Crippen LogP contribution in [0.4, 0.5) is 4.79 Å². The highest BCUT2D eigenvalue weighted by Gasteiger charge is 2.25. The number of ether oxygens (including phenoxy) is 2. The van der Waals surface area contributed by atoms with Gasteiger partial charge in [0, 0.05) is 23.6 Å². The SMILES string of the molecule is CCOC(=O)C1=C(CSc2nnc(Cc3ccccc3)n2-c2ccc(OCC)cc2)NC(=O)NC1. The molecule has 4 rings (SSSR count). The van der Waals surface area contributed by atoms with Crippen LogP contribution in [-0.4, -0.2) is 52.3 Å². The second-order valence-electron chi connectivity index (χ2n) is 7.60. The number of carbonyl (C=O) groups excluding carboxylic acids is 2. The van der Waals surface area contributed by atoms with Crippen LogP contribution < -0.4 is 15.4 Å². The van der Waals surface area contributed by atoms with Crippen molar-refractivity contribution in [2.45, 2.75) is 25.4 Å². The first-order valence-electron chi connectivity index (χ1n) is 11.4. The minimum absolute atomic E-state index is 0.116. The molecular weight excluding hydrogens is 466 g/mol. The van der Waals surface area contributed by atoms with E-state index in [1.165, 1.54) is 11.8 Å². The number of urea groups is 1. The molecule has 0 atom stereocenters. The van der Waals surface area contributed by atoms with Gasteiger partial charge in [0.25, 0.3) is 0 Å². The Morgan fingerprint density at radius 1 is 1.06 bits per heavy atom. The second-order valence-corrected chi connectivity index (χ2v) is 8.54. The van der Waals surface area contributed by atoms with Gasteiger partial charge in [0.05, 0.1) is 25.3 Å². The van der Waals surface area contributed by atoms with Crippen molar-refractivity contribution in [2.75, 3.05) is 25.5 Å². The van der Waals surface area contributed by atoms with Crippen LogP contribution >= 0.6 is 11.8 Å². The van der Waals surface area contributed by atoms with Crippen molar-refractivity contribution in [1.82, 2.24) is 25.4 Å². The van der Waals surface area contributed by atoms with Gasteiger partial charge >= 0.3 is 12.0 Å². The minimum atomic E-state index is -0.451. The van der Waals surface area contributed by atoms with Gasteiger partial charge in [0.1, 0.15) is 11.6 Å². The largest absolute Gasteiger partial charge is 0.494 e. The third-order valence-corrected chi connectivity index (χ3v) is 6.19. The molecule has 182 valence electrons. The summed E-state index contributed by atoms with van der Waals surface area (Å²) in [6, 6.07) is 17.4. The summed E-state index contributed by atoms with van der Waals surface area (Å²) >= 11 is 1.39. The van der Waals surface area contributed by atoms with E-state index in [2.05, 4.69) is 20.8 Å². The Morgan fingerprint density at radius 3 is 2.54 bits per heavy atom. The van der Waals surface area contributed by atoms with E-state index in [4.69, 9.17) is 9.47 Å². The molecule has 0 saturated carbocycles. The smallest absolute Gasteiger partial charge is 0.337 e. The lowest BCUT2D eigenvalue weighted by Crippen LogP contribution is -2.44. The predicted octanol–water partition coefficient (Wildman–Crippen LogP) is 3.48. The van der Waals surface area contributed by atoms with Crippen molar-refractivity contribution in [2.24, 2.45) is 0 Å². The molecule has 0 fully saturated rings. The number of nitrogens with one attached hydrogen (secondary N) is 2. The fourth-order valence-corrected chi connectivity index (χ4v) is 4.57. The van der Waals surface area contributed by atoms with Gasteiger partial charge in [-0.1, -0.05) is 42.1 Å². The molecule has 1 aromatic heterocycles. The maximum Gasteiger partial charge on any atom is 0.337 e. The van der Waals surface area contributed by atoms with Crippen LogP contribution in [0.15, 0.2) is 71.0 Å². The van der Waals surface area contributed by atoms with E-state index < -0.39 is 5.97 Å². The summed E-state index contributed by atoms with van der Waals surface area (Å²) in [6.45, 7) is 4.65. The van der Waals surface area contributed by atoms with Gasteiger partial charge in [-0.3, -0.25) is 4.57 Å². The Morgan fingerprint density at radius 2 is 1.83 bits per heavy atom. The van der Waals surface area contributed by atoms with E-state index in [1.54, 1.807) is 6.92 Å². The van der Waals surface area contributed by atoms with Crippen molar-refractivity contribution in [3.63, 3.8) is 0 Å². The van der Waals surface area contributed by atoms with E-state index in [1.807, 2.05) is 66.1 Å². The summed E-state index contributed by atoms with van der Waals surface area (Å²) in [6.07, 6.45) is 0.596. The number of rotatable bonds is 10. The summed E-state index contributed by atoms with van der Waals surface area (Å²) in [4.78, 5) is 24.3. The molecular formula is C25H27N5O4S. The first-order valence-corrected chi connectivity index (χ1v) is 12.4. The predicted molar refractivity (Wildman–Crippen MR) is 133 cm³/mol. The highest BCUT2D eigenvalue weighted by atomic mass is 32.2. The third-order valence-electron chi connectivity index (χ3n) is 5.23. The molecule has 10 heteroatoms. The Kier molecular flexibility index (Phi) is 8.04. The molecule has 2 N–H and O–H groups in total. The number of hydrogen-bond donors (Lipinski definition) is 2. The molecule has 35 heavy (non-hydrogen) atoms. The molecule has 0 aliphatic carbocycles. The third kappa shape index (κ3) is 6.02. The zero-order valence-corrected chi connectivity index (χ0v) is 20.4. The first kappa shape index (κ1) is 24.3. The fourth-order valence-electron chi connectivity index (χ4n) is 3.61. The van der Waals surface area contributed by atoms with E-state index in [0.717, 1.165) is 22.8 Å². The number of thioether (sulfide) groups is 1. The van der Waals surface area contributed by atoms with Gasteiger partial charge in [0.15, 0.2) is 5.16 Å². The number of esters is 1. The van der Waals surface area contributed by atoms with E-state index in [0.29, 0.717) is 35.2 Å². The Bertz CT molecular complexity index is 1210. The van der Waals surface area contributed by atoms with Crippen LogP contribution in [0, 0.1) is 0 Å². The lowest BCUT2D eigenvalue weighted by molar-refractivity contribution is -0.138. The van der Waals surface area contributed by atoms with Crippen LogP contribution in [0.3, 0.4) is 0 Å². The number of amides is 2. The minimum Gasteiger partial charge on any atom is -0.494 e. The topological polar surface area (TPSA) is 107 Å². The number of hydrogen-bond acceptors (Lipinski definition) is 7. The summed E-state index contributed by atoms with van der Waals surface area (Å²) in [5.41, 5.74) is 2.90. The summed E-state index contributed by atoms with van der Waals surface area (Å²) in [7, 11) is 0. The molecule has 3 aromatic rings. The Balaban J connectivity index is 1.65. The quantitative estimate of drug-likeness (QED) is 0.329. The van der Waals surface area contributed by atoms with E-state index >= 15 is 0 Å². The molecule has 0 bridgehead atoms. The van der Waals surface area contributed by atoms with Gasteiger partial charge in [-0.05, 0) is 43.7 Å². The maximum atomic E-state index is 12.4. The van der Waals surface area contributed by atoms with Gasteiger partial charge in [-0.15, -0.1) is 10.2 Å². The van der Waals surface area contributed by atoms with Gasteiger partial charge in [-0.2, -0.15) is 0 Å². The van der Waals surface area contributed by atoms with Crippen molar-refractivity contribution in [3.05, 3.63) is 77.3 Å². The molecule has 0 unspecified atom stereocenters. The van der Waals surface area contributed by atoms with Crippen LogP contribution in [0.5, 0.6) is 5.75 Å². The zero-order valence-electron chi connectivity index (χ0n) is 19.6. The molecule has 0 radical (unpaired) electrons. The van der Waals surface area contributed by atoms with Crippen molar-refractivity contribution < 1.29 is 19.1 Å². The lowest BCUT2D eigenvalue weighted by atomic mass is 10.1. The number of carbonyl (C=O) groups is 2. The lowest BCUT2D eigenvalue weighted by Gasteiger charge is -2.21. The average Bonchev–Trinajstić information content (AvgIpc) is 3.26. The molecule has 0 spiro atoms. The molecule has 0 saturated heterocycles. The summed E-state index contributed by atoms with van der Waals surface area (Å²) in [5, 5.41) is 14.9. The van der Waals surface area contributed by atoms with Gasteiger partial charge in [-0.25, -0.2) is 9.59 Å². The molecule has 2 aromatic carbocycles.